The fourth-order valence-electron chi connectivity index (χ4n) is 0.722. The second kappa shape index (κ2) is 3.78. The van der Waals surface area contributed by atoms with Crippen LogP contribution in [0.5, 0.6) is 0 Å². The van der Waals surface area contributed by atoms with Crippen LogP contribution in [0.25, 0.3) is 0 Å². The summed E-state index contributed by atoms with van der Waals surface area (Å²) in [5.74, 6) is 0.471. The lowest BCUT2D eigenvalue weighted by molar-refractivity contribution is -0.116. The van der Waals surface area contributed by atoms with E-state index in [4.69, 9.17) is 5.11 Å². The minimum atomic E-state index is -0.185. The van der Waals surface area contributed by atoms with E-state index >= 15 is 0 Å². The van der Waals surface area contributed by atoms with E-state index in [-0.39, 0.29) is 18.9 Å². The number of aromatic nitrogens is 1. The lowest BCUT2D eigenvalue weighted by atomic mass is 10.4. The summed E-state index contributed by atoms with van der Waals surface area (Å²) in [5.41, 5.74) is 0. The number of anilines is 1. The topological polar surface area (TPSA) is 65.1 Å². The van der Waals surface area contributed by atoms with Gasteiger partial charge in [-0.1, -0.05) is 0 Å². The third-order valence-corrected chi connectivity index (χ3v) is 1.21. The van der Waals surface area contributed by atoms with Crippen molar-refractivity contribution in [2.75, 3.05) is 11.9 Å². The highest BCUT2D eigenvalue weighted by Crippen LogP contribution is 2.00. The van der Waals surface area contributed by atoms with E-state index in [2.05, 4.69) is 10.3 Å². The van der Waals surface area contributed by atoms with Crippen molar-refractivity contribution in [3.63, 3.8) is 0 Å². The Morgan fingerprint density at radius 2 is 2.55 bits per heavy atom. The van der Waals surface area contributed by atoms with E-state index in [1.165, 1.54) is 0 Å². The molecular formula is C7H10N2O2. The van der Waals surface area contributed by atoms with Gasteiger partial charge in [0.25, 0.3) is 0 Å². The molecule has 11 heavy (non-hydrogen) atoms. The van der Waals surface area contributed by atoms with Crippen LogP contribution in [0, 0.1) is 0 Å². The standard InChI is InChI=1S/C7H10N2O2/c10-5-3-7(11)9-6-2-1-4-8-6/h1-2,4,8,10H,3,5H2,(H,9,11). The molecule has 0 aliphatic rings. The molecular weight excluding hydrogens is 144 g/mol. The monoisotopic (exact) mass is 154 g/mol. The summed E-state index contributed by atoms with van der Waals surface area (Å²) in [6, 6.07) is 3.53. The molecule has 0 saturated carbocycles. The Morgan fingerprint density at radius 1 is 1.73 bits per heavy atom. The number of hydrogen-bond donors (Lipinski definition) is 3. The van der Waals surface area contributed by atoms with E-state index in [1.54, 1.807) is 18.3 Å². The maximum Gasteiger partial charge on any atom is 0.227 e. The molecule has 4 nitrogen and oxygen atoms in total. The van der Waals surface area contributed by atoms with Crippen LogP contribution in [0.3, 0.4) is 0 Å². The zero-order valence-electron chi connectivity index (χ0n) is 6.00. The summed E-state index contributed by atoms with van der Waals surface area (Å²) in [5, 5.41) is 11.0. The Bertz CT molecular complexity index is 218. The molecule has 0 fully saturated rings. The molecule has 1 aromatic rings. The summed E-state index contributed by atoms with van der Waals surface area (Å²) < 4.78 is 0. The normalized spacial score (nSPS) is 9.55. The first kappa shape index (κ1) is 7.81. The molecule has 1 heterocycles. The van der Waals surface area contributed by atoms with E-state index in [1.807, 2.05) is 0 Å². The van der Waals surface area contributed by atoms with Crippen molar-refractivity contribution in [3.8, 4) is 0 Å². The van der Waals surface area contributed by atoms with Crippen LogP contribution in [0.4, 0.5) is 5.82 Å². The zero-order valence-corrected chi connectivity index (χ0v) is 6.00. The lowest BCUT2D eigenvalue weighted by Gasteiger charge is -1.98. The maximum absolute atomic E-state index is 10.8. The summed E-state index contributed by atoms with van der Waals surface area (Å²) in [6.07, 6.45) is 1.85. The predicted octanol–water partition coefficient (Wildman–Crippen LogP) is 0.336. The average molecular weight is 154 g/mol. The molecule has 0 radical (unpaired) electrons. The summed E-state index contributed by atoms with van der Waals surface area (Å²) >= 11 is 0. The number of H-pyrrole nitrogens is 1. The molecule has 4 heteroatoms. The number of carbonyl (C=O) groups is 1. The van der Waals surface area contributed by atoms with Gasteiger partial charge in [-0.15, -0.1) is 0 Å². The molecule has 60 valence electrons. The fraction of sp³-hybridized carbons (Fsp3) is 0.286. The van der Waals surface area contributed by atoms with Gasteiger partial charge in [-0.25, -0.2) is 0 Å². The highest BCUT2D eigenvalue weighted by molar-refractivity contribution is 5.89. The number of rotatable bonds is 3. The molecule has 1 aromatic heterocycles. The Labute approximate surface area is 64.2 Å². The van der Waals surface area contributed by atoms with Gasteiger partial charge in [-0.2, -0.15) is 0 Å². The number of aromatic amines is 1. The predicted molar refractivity (Wildman–Crippen MR) is 41.1 cm³/mol. The van der Waals surface area contributed by atoms with Crippen molar-refractivity contribution < 1.29 is 9.90 Å². The molecule has 0 aliphatic heterocycles. The van der Waals surface area contributed by atoms with Crippen LogP contribution < -0.4 is 5.32 Å². The van der Waals surface area contributed by atoms with Crippen molar-refractivity contribution in [3.05, 3.63) is 18.3 Å². The van der Waals surface area contributed by atoms with Crippen LogP contribution in [0.1, 0.15) is 6.42 Å². The Hall–Kier alpha value is -1.29. The van der Waals surface area contributed by atoms with Gasteiger partial charge in [-0.05, 0) is 12.1 Å². The van der Waals surface area contributed by atoms with E-state index in [0.29, 0.717) is 5.82 Å². The number of hydrogen-bond acceptors (Lipinski definition) is 2. The summed E-state index contributed by atoms with van der Waals surface area (Å²) in [7, 11) is 0. The van der Waals surface area contributed by atoms with Gasteiger partial charge in [0, 0.05) is 6.20 Å². The Morgan fingerprint density at radius 3 is 3.09 bits per heavy atom. The molecule has 0 spiro atoms. The summed E-state index contributed by atoms with van der Waals surface area (Å²) in [4.78, 5) is 13.6. The van der Waals surface area contributed by atoms with Crippen LogP contribution in [0.15, 0.2) is 18.3 Å². The first-order valence-corrected chi connectivity index (χ1v) is 3.37. The van der Waals surface area contributed by atoms with Crippen LogP contribution in [-0.2, 0) is 4.79 Å². The minimum absolute atomic E-state index is 0.119. The molecule has 0 saturated heterocycles. The van der Waals surface area contributed by atoms with E-state index in [0.717, 1.165) is 0 Å². The van der Waals surface area contributed by atoms with Crippen molar-refractivity contribution in [1.29, 1.82) is 0 Å². The first-order valence-electron chi connectivity index (χ1n) is 3.37. The van der Waals surface area contributed by atoms with Crippen molar-refractivity contribution >= 4 is 11.7 Å². The highest BCUT2D eigenvalue weighted by Gasteiger charge is 1.99. The highest BCUT2D eigenvalue weighted by atomic mass is 16.3. The smallest absolute Gasteiger partial charge is 0.227 e. The van der Waals surface area contributed by atoms with Gasteiger partial charge >= 0.3 is 0 Å². The number of amides is 1. The second-order valence-corrected chi connectivity index (χ2v) is 2.11. The molecule has 0 unspecified atom stereocenters. The first-order chi connectivity index (χ1) is 5.33. The molecule has 0 atom stereocenters. The summed E-state index contributed by atoms with van der Waals surface area (Å²) in [6.45, 7) is -0.119. The van der Waals surface area contributed by atoms with Crippen LogP contribution in [-0.4, -0.2) is 22.6 Å². The van der Waals surface area contributed by atoms with Crippen molar-refractivity contribution in [2.45, 2.75) is 6.42 Å². The third kappa shape index (κ3) is 2.43. The molecule has 0 aliphatic carbocycles. The van der Waals surface area contributed by atoms with Gasteiger partial charge in [0.1, 0.15) is 5.82 Å². The largest absolute Gasteiger partial charge is 0.396 e. The van der Waals surface area contributed by atoms with Crippen LogP contribution in [0.2, 0.25) is 0 Å². The van der Waals surface area contributed by atoms with Gasteiger partial charge in [0.15, 0.2) is 0 Å². The number of nitrogens with one attached hydrogen (secondary N) is 2. The molecule has 3 N–H and O–H groups in total. The number of aliphatic hydroxyl groups is 1. The quantitative estimate of drug-likeness (QED) is 0.587. The number of aliphatic hydroxyl groups excluding tert-OH is 1. The third-order valence-electron chi connectivity index (χ3n) is 1.21. The Balaban J connectivity index is 2.37. The zero-order chi connectivity index (χ0) is 8.10. The van der Waals surface area contributed by atoms with Gasteiger partial charge in [0.05, 0.1) is 13.0 Å². The Kier molecular flexibility index (Phi) is 2.68. The number of carbonyl (C=O) groups excluding carboxylic acids is 1. The lowest BCUT2D eigenvalue weighted by Crippen LogP contribution is -2.12. The van der Waals surface area contributed by atoms with Crippen molar-refractivity contribution in [1.82, 2.24) is 4.98 Å². The van der Waals surface area contributed by atoms with Gasteiger partial charge in [0.2, 0.25) is 5.91 Å². The SMILES string of the molecule is O=C(CCO)Nc1ccc[nH]1. The van der Waals surface area contributed by atoms with Crippen LogP contribution >= 0.6 is 0 Å². The van der Waals surface area contributed by atoms with Gasteiger partial charge in [-0.3, -0.25) is 4.79 Å². The fourth-order valence-corrected chi connectivity index (χ4v) is 0.722. The molecule has 0 aromatic carbocycles. The van der Waals surface area contributed by atoms with E-state index < -0.39 is 0 Å². The average Bonchev–Trinajstić information content (AvgIpc) is 2.40. The molecule has 1 rings (SSSR count). The maximum atomic E-state index is 10.8. The van der Waals surface area contributed by atoms with Gasteiger partial charge < -0.3 is 15.4 Å². The molecule has 1 amide bonds. The van der Waals surface area contributed by atoms with E-state index in [9.17, 15) is 4.79 Å². The second-order valence-electron chi connectivity index (χ2n) is 2.11. The minimum Gasteiger partial charge on any atom is -0.396 e. The molecule has 0 bridgehead atoms. The van der Waals surface area contributed by atoms with Crippen molar-refractivity contribution in [2.24, 2.45) is 0 Å².